The molecule has 0 aliphatic heterocycles. The minimum atomic E-state index is -0.756. The average molecular weight is 222 g/mol. The maximum absolute atomic E-state index is 13.6. The summed E-state index contributed by atoms with van der Waals surface area (Å²) in [5, 5.41) is 0. The molecule has 0 amide bonds. The Morgan fingerprint density at radius 2 is 1.12 bits per heavy atom. The van der Waals surface area contributed by atoms with Crippen LogP contribution in [0.3, 0.4) is 0 Å². The van der Waals surface area contributed by atoms with E-state index >= 15 is 0 Å². The lowest BCUT2D eigenvalue weighted by Gasteiger charge is -2.09. The van der Waals surface area contributed by atoms with Crippen LogP contribution in [0.25, 0.3) is 11.1 Å². The first-order chi connectivity index (χ1) is 7.61. The van der Waals surface area contributed by atoms with E-state index < -0.39 is 17.5 Å². The second-order valence-electron chi connectivity index (χ2n) is 3.53. The smallest absolute Gasteiger partial charge is 0.134 e. The first kappa shape index (κ1) is 10.7. The Balaban J connectivity index is 2.77. The van der Waals surface area contributed by atoms with Crippen LogP contribution in [-0.4, -0.2) is 0 Å². The molecule has 0 saturated carbocycles. The van der Waals surface area contributed by atoms with E-state index in [1.807, 2.05) is 0 Å². The van der Waals surface area contributed by atoms with Crippen LogP contribution in [-0.2, 0) is 0 Å². The van der Waals surface area contributed by atoms with Crippen molar-refractivity contribution in [1.29, 1.82) is 0 Å². The van der Waals surface area contributed by atoms with Crippen LogP contribution >= 0.6 is 0 Å². The first-order valence-electron chi connectivity index (χ1n) is 4.80. The van der Waals surface area contributed by atoms with Gasteiger partial charge in [-0.3, -0.25) is 0 Å². The Bertz CT molecular complexity index is 443. The Morgan fingerprint density at radius 1 is 0.688 bits per heavy atom. The molecule has 16 heavy (non-hydrogen) atoms. The zero-order chi connectivity index (χ0) is 11.7. The molecule has 0 atom stereocenters. The van der Waals surface area contributed by atoms with E-state index in [1.54, 1.807) is 13.0 Å². The largest absolute Gasteiger partial charge is 0.206 e. The number of rotatable bonds is 1. The third-order valence-corrected chi connectivity index (χ3v) is 2.43. The second-order valence-corrected chi connectivity index (χ2v) is 3.53. The summed E-state index contributed by atoms with van der Waals surface area (Å²) in [6.45, 7) is 1.62. The molecule has 0 unspecified atom stereocenters. The third kappa shape index (κ3) is 1.69. The summed E-state index contributed by atoms with van der Waals surface area (Å²) in [6, 6.07) is 7.80. The molecule has 0 fully saturated rings. The average Bonchev–Trinajstić information content (AvgIpc) is 2.21. The Labute approximate surface area is 91.4 Å². The summed E-state index contributed by atoms with van der Waals surface area (Å²) in [6.07, 6.45) is 0. The summed E-state index contributed by atoms with van der Waals surface area (Å²) >= 11 is 0. The second kappa shape index (κ2) is 4.00. The van der Waals surface area contributed by atoms with Crippen molar-refractivity contribution < 1.29 is 13.2 Å². The van der Waals surface area contributed by atoms with Gasteiger partial charge in [0, 0.05) is 5.56 Å². The molecule has 0 N–H and O–H groups in total. The van der Waals surface area contributed by atoms with Crippen molar-refractivity contribution in [1.82, 2.24) is 0 Å². The van der Waals surface area contributed by atoms with E-state index in [1.165, 1.54) is 18.2 Å². The molecule has 0 aromatic heterocycles. The van der Waals surface area contributed by atoms with Crippen molar-refractivity contribution in [2.24, 2.45) is 0 Å². The lowest BCUT2D eigenvalue weighted by Crippen LogP contribution is -1.95. The van der Waals surface area contributed by atoms with Gasteiger partial charge in [0.05, 0.1) is 5.56 Å². The molecular weight excluding hydrogens is 213 g/mol. The van der Waals surface area contributed by atoms with Gasteiger partial charge in [0.25, 0.3) is 0 Å². The van der Waals surface area contributed by atoms with E-state index in [2.05, 4.69) is 0 Å². The highest BCUT2D eigenvalue weighted by Crippen LogP contribution is 2.30. The normalized spacial score (nSPS) is 10.5. The molecule has 0 bridgehead atoms. The third-order valence-electron chi connectivity index (χ3n) is 2.43. The van der Waals surface area contributed by atoms with E-state index in [0.717, 1.165) is 12.1 Å². The minimum Gasteiger partial charge on any atom is -0.206 e. The topological polar surface area (TPSA) is 0 Å². The van der Waals surface area contributed by atoms with Crippen molar-refractivity contribution in [2.45, 2.75) is 6.92 Å². The van der Waals surface area contributed by atoms with Crippen molar-refractivity contribution in [3.63, 3.8) is 0 Å². The standard InChI is InChI=1S/C13H9F3/c1-8-4-2-5-9(14)12(8)13-10(15)6-3-7-11(13)16/h2-7H,1H3. The Morgan fingerprint density at radius 3 is 1.62 bits per heavy atom. The molecule has 2 aromatic carbocycles. The van der Waals surface area contributed by atoms with Crippen molar-refractivity contribution >= 4 is 0 Å². The van der Waals surface area contributed by atoms with Crippen molar-refractivity contribution in [3.05, 3.63) is 59.4 Å². The molecule has 0 radical (unpaired) electrons. The molecule has 0 heterocycles. The summed E-state index contributed by atoms with van der Waals surface area (Å²) < 4.78 is 40.5. The van der Waals surface area contributed by atoms with Crippen molar-refractivity contribution in [2.75, 3.05) is 0 Å². The number of benzene rings is 2. The maximum Gasteiger partial charge on any atom is 0.134 e. The number of hydrogen-bond donors (Lipinski definition) is 0. The van der Waals surface area contributed by atoms with Gasteiger partial charge in [0.2, 0.25) is 0 Å². The summed E-state index contributed by atoms with van der Waals surface area (Å²) in [5.41, 5.74) is 0.181. The quantitative estimate of drug-likeness (QED) is 0.682. The molecule has 0 nitrogen and oxygen atoms in total. The lowest BCUT2D eigenvalue weighted by molar-refractivity contribution is 0.581. The fourth-order valence-corrected chi connectivity index (χ4v) is 1.69. The number of hydrogen-bond acceptors (Lipinski definition) is 0. The number of aryl methyl sites for hydroxylation is 1. The van der Waals surface area contributed by atoms with Crippen LogP contribution in [0.4, 0.5) is 13.2 Å². The van der Waals surface area contributed by atoms with Gasteiger partial charge in [-0.15, -0.1) is 0 Å². The first-order valence-corrected chi connectivity index (χ1v) is 4.80. The van der Waals surface area contributed by atoms with Crippen LogP contribution in [0.1, 0.15) is 5.56 Å². The van der Waals surface area contributed by atoms with Crippen LogP contribution in [0, 0.1) is 24.4 Å². The van der Waals surface area contributed by atoms with E-state index in [0.29, 0.717) is 5.56 Å². The Kier molecular flexibility index (Phi) is 2.69. The molecule has 0 saturated heterocycles. The van der Waals surface area contributed by atoms with Gasteiger partial charge in [-0.1, -0.05) is 18.2 Å². The van der Waals surface area contributed by atoms with E-state index in [4.69, 9.17) is 0 Å². The van der Waals surface area contributed by atoms with Crippen LogP contribution in [0.15, 0.2) is 36.4 Å². The fraction of sp³-hybridized carbons (Fsp3) is 0.0769. The monoisotopic (exact) mass is 222 g/mol. The molecule has 0 aliphatic rings. The van der Waals surface area contributed by atoms with Crippen molar-refractivity contribution in [3.8, 4) is 11.1 Å². The predicted molar refractivity (Wildman–Crippen MR) is 56.5 cm³/mol. The maximum atomic E-state index is 13.6. The summed E-state index contributed by atoms with van der Waals surface area (Å²) in [4.78, 5) is 0. The summed E-state index contributed by atoms with van der Waals surface area (Å²) in [7, 11) is 0. The zero-order valence-corrected chi connectivity index (χ0v) is 8.60. The molecule has 2 rings (SSSR count). The molecule has 0 spiro atoms. The van der Waals surface area contributed by atoms with Gasteiger partial charge in [0.15, 0.2) is 0 Å². The van der Waals surface area contributed by atoms with E-state index in [9.17, 15) is 13.2 Å². The highest BCUT2D eigenvalue weighted by molar-refractivity contribution is 5.68. The highest BCUT2D eigenvalue weighted by Gasteiger charge is 2.16. The van der Waals surface area contributed by atoms with Gasteiger partial charge in [0.1, 0.15) is 17.5 Å². The highest BCUT2D eigenvalue weighted by atomic mass is 19.1. The molecular formula is C13H9F3. The van der Waals surface area contributed by atoms with Gasteiger partial charge < -0.3 is 0 Å². The van der Waals surface area contributed by atoms with Gasteiger partial charge in [-0.2, -0.15) is 0 Å². The zero-order valence-electron chi connectivity index (χ0n) is 8.60. The number of halogens is 3. The van der Waals surface area contributed by atoms with Gasteiger partial charge in [-0.05, 0) is 30.7 Å². The van der Waals surface area contributed by atoms with Crippen LogP contribution in [0.5, 0.6) is 0 Å². The molecule has 3 heteroatoms. The van der Waals surface area contributed by atoms with Crippen LogP contribution in [0.2, 0.25) is 0 Å². The fourth-order valence-electron chi connectivity index (χ4n) is 1.69. The summed E-state index contributed by atoms with van der Waals surface area (Å²) in [5.74, 6) is -2.13. The van der Waals surface area contributed by atoms with Gasteiger partial charge in [-0.25, -0.2) is 13.2 Å². The van der Waals surface area contributed by atoms with Gasteiger partial charge >= 0.3 is 0 Å². The molecule has 2 aromatic rings. The molecule has 82 valence electrons. The lowest BCUT2D eigenvalue weighted by atomic mass is 9.99. The minimum absolute atomic E-state index is 0.0156. The molecule has 0 aliphatic carbocycles. The SMILES string of the molecule is Cc1cccc(F)c1-c1c(F)cccc1F. The predicted octanol–water partition coefficient (Wildman–Crippen LogP) is 4.08. The van der Waals surface area contributed by atoms with Crippen LogP contribution < -0.4 is 0 Å². The Hall–Kier alpha value is -1.77. The van der Waals surface area contributed by atoms with E-state index in [-0.39, 0.29) is 11.1 Å².